The van der Waals surface area contributed by atoms with E-state index in [1.165, 1.54) is 44.2 Å². The molecule has 0 aliphatic carbocycles. The van der Waals surface area contributed by atoms with Crippen molar-refractivity contribution in [2.45, 2.75) is 20.3 Å². The van der Waals surface area contributed by atoms with Crippen LogP contribution in [0.5, 0.6) is 0 Å². The maximum Gasteiger partial charge on any atom is 0.0465 e. The van der Waals surface area contributed by atoms with Gasteiger partial charge in [-0.3, -0.25) is 0 Å². The van der Waals surface area contributed by atoms with E-state index < -0.39 is 0 Å². The summed E-state index contributed by atoms with van der Waals surface area (Å²) in [6.07, 6.45) is 1.08. The number of hydrogen-bond acceptors (Lipinski definition) is 1. The molecule has 6 aromatic rings. The highest BCUT2D eigenvalue weighted by molar-refractivity contribution is 6.08. The van der Waals surface area contributed by atoms with Gasteiger partial charge in [-0.05, 0) is 83.6 Å². The summed E-state index contributed by atoms with van der Waals surface area (Å²) in [7, 11) is 0. The average molecular weight is 467 g/mol. The first-order chi connectivity index (χ1) is 17.7. The van der Waals surface area contributed by atoms with E-state index in [0.717, 1.165) is 17.8 Å². The second-order valence-electron chi connectivity index (χ2n) is 9.92. The molecule has 5 aromatic carbocycles. The Bertz CT molecular complexity index is 1630. The summed E-state index contributed by atoms with van der Waals surface area (Å²) in [5, 5.41) is 2.53. The van der Waals surface area contributed by atoms with E-state index in [0.29, 0.717) is 5.92 Å². The molecule has 0 bridgehead atoms. The van der Waals surface area contributed by atoms with Crippen LogP contribution in [0.25, 0.3) is 32.9 Å². The molecule has 0 fully saturated rings. The number of anilines is 3. The van der Waals surface area contributed by atoms with E-state index >= 15 is 0 Å². The Labute approximate surface area is 212 Å². The molecule has 0 unspecified atom stereocenters. The monoisotopic (exact) mass is 466 g/mol. The zero-order valence-electron chi connectivity index (χ0n) is 20.8. The molecule has 0 spiro atoms. The highest BCUT2D eigenvalue weighted by Gasteiger charge is 2.14. The smallest absolute Gasteiger partial charge is 0.0465 e. The van der Waals surface area contributed by atoms with Crippen LogP contribution >= 0.6 is 0 Å². The van der Waals surface area contributed by atoms with Gasteiger partial charge in [0, 0.05) is 38.9 Å². The zero-order valence-corrected chi connectivity index (χ0v) is 20.8. The predicted molar refractivity (Wildman–Crippen MR) is 154 cm³/mol. The third kappa shape index (κ3) is 4.27. The van der Waals surface area contributed by atoms with Gasteiger partial charge < -0.3 is 9.88 Å². The number of nitrogens with zero attached hydrogens (tertiary/aromatic N) is 1. The van der Waals surface area contributed by atoms with Crippen LogP contribution in [0.15, 0.2) is 121 Å². The molecular formula is C34H30N2. The first kappa shape index (κ1) is 22.2. The van der Waals surface area contributed by atoms with Crippen molar-refractivity contribution in [1.82, 2.24) is 4.98 Å². The number of aromatic amines is 1. The lowest BCUT2D eigenvalue weighted by Gasteiger charge is -2.26. The first-order valence-electron chi connectivity index (χ1n) is 12.7. The number of benzene rings is 5. The minimum atomic E-state index is 0.624. The fourth-order valence-corrected chi connectivity index (χ4v) is 5.15. The molecule has 0 amide bonds. The van der Waals surface area contributed by atoms with E-state index in [1.807, 2.05) is 0 Å². The van der Waals surface area contributed by atoms with Gasteiger partial charge in [-0.1, -0.05) is 80.6 Å². The van der Waals surface area contributed by atoms with Crippen molar-refractivity contribution in [3.8, 4) is 11.1 Å². The topological polar surface area (TPSA) is 19.0 Å². The Kier molecular flexibility index (Phi) is 5.79. The number of rotatable bonds is 6. The van der Waals surface area contributed by atoms with Crippen molar-refractivity contribution >= 4 is 38.9 Å². The SMILES string of the molecule is CC(C)Cc1cccc(N(c2ccccc2)c2ccc(-c3ccc4[nH]c5ccccc5c4c3)cc2)c1. The number of H-pyrrole nitrogens is 1. The second-order valence-corrected chi connectivity index (χ2v) is 9.92. The number of para-hydroxylation sites is 2. The summed E-state index contributed by atoms with van der Waals surface area (Å²) in [5.74, 6) is 0.624. The van der Waals surface area contributed by atoms with Crippen LogP contribution < -0.4 is 4.90 Å². The third-order valence-electron chi connectivity index (χ3n) is 6.79. The van der Waals surface area contributed by atoms with Crippen LogP contribution in [0, 0.1) is 5.92 Å². The third-order valence-corrected chi connectivity index (χ3v) is 6.79. The van der Waals surface area contributed by atoms with E-state index in [1.54, 1.807) is 0 Å². The van der Waals surface area contributed by atoms with Crippen LogP contribution in [0.1, 0.15) is 19.4 Å². The molecule has 1 N–H and O–H groups in total. The maximum absolute atomic E-state index is 3.53. The highest BCUT2D eigenvalue weighted by atomic mass is 15.1. The van der Waals surface area contributed by atoms with Crippen LogP contribution in [0.3, 0.4) is 0 Å². The molecule has 1 aromatic heterocycles. The summed E-state index contributed by atoms with van der Waals surface area (Å²) < 4.78 is 0. The van der Waals surface area contributed by atoms with E-state index in [9.17, 15) is 0 Å². The Morgan fingerprint density at radius 3 is 2.03 bits per heavy atom. The molecule has 1 heterocycles. The standard InChI is InChI=1S/C34H30N2/c1-24(2)21-25-9-8-12-30(22-25)36(28-10-4-3-5-11-28)29-18-15-26(16-19-29)27-17-20-34-32(23-27)31-13-6-7-14-33(31)35-34/h3-20,22-24,35H,21H2,1-2H3. The van der Waals surface area contributed by atoms with Crippen molar-refractivity contribution in [3.05, 3.63) is 127 Å². The fraction of sp³-hybridized carbons (Fsp3) is 0.118. The van der Waals surface area contributed by atoms with Crippen molar-refractivity contribution < 1.29 is 0 Å². The molecule has 0 saturated carbocycles. The molecule has 2 nitrogen and oxygen atoms in total. The summed E-state index contributed by atoms with van der Waals surface area (Å²) in [4.78, 5) is 5.87. The van der Waals surface area contributed by atoms with Gasteiger partial charge in [-0.2, -0.15) is 0 Å². The first-order valence-corrected chi connectivity index (χ1v) is 12.7. The molecule has 2 heteroatoms. The Hall–Kier alpha value is -4.30. The molecule has 0 aliphatic heterocycles. The molecule has 6 rings (SSSR count). The normalized spacial score (nSPS) is 11.4. The lowest BCUT2D eigenvalue weighted by Crippen LogP contribution is -2.10. The van der Waals surface area contributed by atoms with Crippen molar-refractivity contribution in [3.63, 3.8) is 0 Å². The lowest BCUT2D eigenvalue weighted by atomic mass is 10.0. The second kappa shape index (κ2) is 9.39. The quantitative estimate of drug-likeness (QED) is 0.259. The Morgan fingerprint density at radius 1 is 0.556 bits per heavy atom. The van der Waals surface area contributed by atoms with Crippen LogP contribution in [0.2, 0.25) is 0 Å². The van der Waals surface area contributed by atoms with Gasteiger partial charge in [0.15, 0.2) is 0 Å². The number of aromatic nitrogens is 1. The van der Waals surface area contributed by atoms with Gasteiger partial charge >= 0.3 is 0 Å². The molecule has 36 heavy (non-hydrogen) atoms. The van der Waals surface area contributed by atoms with Gasteiger partial charge in [0.25, 0.3) is 0 Å². The van der Waals surface area contributed by atoms with E-state index in [-0.39, 0.29) is 0 Å². The summed E-state index contributed by atoms with van der Waals surface area (Å²) >= 11 is 0. The minimum absolute atomic E-state index is 0.624. The van der Waals surface area contributed by atoms with Gasteiger partial charge in [0.05, 0.1) is 0 Å². The molecule has 0 aliphatic rings. The van der Waals surface area contributed by atoms with Crippen LogP contribution in [0.4, 0.5) is 17.1 Å². The van der Waals surface area contributed by atoms with E-state index in [4.69, 9.17) is 0 Å². The predicted octanol–water partition coefficient (Wildman–Crippen LogP) is 9.66. The molecule has 176 valence electrons. The zero-order chi connectivity index (χ0) is 24.5. The van der Waals surface area contributed by atoms with Crippen molar-refractivity contribution in [2.75, 3.05) is 4.90 Å². The van der Waals surface area contributed by atoms with Gasteiger partial charge in [0.1, 0.15) is 0 Å². The minimum Gasteiger partial charge on any atom is -0.355 e. The summed E-state index contributed by atoms with van der Waals surface area (Å²) in [5.41, 5.74) is 9.66. The van der Waals surface area contributed by atoms with E-state index in [2.05, 4.69) is 145 Å². The molecule has 0 atom stereocenters. The molecule has 0 saturated heterocycles. The fourth-order valence-electron chi connectivity index (χ4n) is 5.15. The highest BCUT2D eigenvalue weighted by Crippen LogP contribution is 2.37. The summed E-state index contributed by atoms with van der Waals surface area (Å²) in [6, 6.07) is 43.7. The van der Waals surface area contributed by atoms with Gasteiger partial charge in [-0.15, -0.1) is 0 Å². The Morgan fingerprint density at radius 2 is 1.22 bits per heavy atom. The van der Waals surface area contributed by atoms with Gasteiger partial charge in [-0.25, -0.2) is 0 Å². The lowest BCUT2D eigenvalue weighted by molar-refractivity contribution is 0.647. The molecular weight excluding hydrogens is 436 g/mol. The molecule has 0 radical (unpaired) electrons. The maximum atomic E-state index is 3.53. The van der Waals surface area contributed by atoms with Crippen LogP contribution in [-0.2, 0) is 6.42 Å². The average Bonchev–Trinajstić information content (AvgIpc) is 3.28. The van der Waals surface area contributed by atoms with Crippen LogP contribution in [-0.4, -0.2) is 4.98 Å². The largest absolute Gasteiger partial charge is 0.355 e. The Balaban J connectivity index is 1.39. The number of fused-ring (bicyclic) bond motifs is 3. The van der Waals surface area contributed by atoms with Crippen molar-refractivity contribution in [2.24, 2.45) is 5.92 Å². The van der Waals surface area contributed by atoms with Crippen molar-refractivity contribution in [1.29, 1.82) is 0 Å². The van der Waals surface area contributed by atoms with Gasteiger partial charge in [0.2, 0.25) is 0 Å². The number of nitrogens with one attached hydrogen (secondary N) is 1. The summed E-state index contributed by atoms with van der Waals surface area (Å²) in [6.45, 7) is 4.54. The number of hydrogen-bond donors (Lipinski definition) is 1.